The molecule has 1 aromatic carbocycles. The molecule has 1 aliphatic rings. The number of carboxylic acid groups (broad SMARTS) is 1. The molecule has 1 N–H and O–H groups in total. The monoisotopic (exact) mass is 345 g/mol. The maximum Gasteiger partial charge on any atom is 0.329 e. The summed E-state index contributed by atoms with van der Waals surface area (Å²) in [6, 6.07) is 4.94. The van der Waals surface area contributed by atoms with E-state index in [0.717, 1.165) is 30.4 Å². The highest BCUT2D eigenvalue weighted by Crippen LogP contribution is 2.20. The van der Waals surface area contributed by atoms with Crippen molar-refractivity contribution in [2.75, 3.05) is 19.7 Å². The average Bonchev–Trinajstić information content (AvgIpc) is 2.42. The molecular weight excluding hydrogens is 329 g/mol. The lowest BCUT2D eigenvalue weighted by Crippen LogP contribution is -2.37. The van der Waals surface area contributed by atoms with Crippen LogP contribution in [0.3, 0.4) is 0 Å². The lowest BCUT2D eigenvalue weighted by atomic mass is 10.1. The fraction of sp³-hybridized carbons (Fsp3) is 0.500. The average molecular weight is 346 g/mol. The summed E-state index contributed by atoms with van der Waals surface area (Å²) in [5.41, 5.74) is 0.671. The summed E-state index contributed by atoms with van der Waals surface area (Å²) in [5.74, 6) is -1.14. The highest BCUT2D eigenvalue weighted by Gasteiger charge is 2.21. The number of carboxylic acids is 1. The fourth-order valence-electron chi connectivity index (χ4n) is 2.33. The molecule has 110 valence electrons. The molecule has 0 atom stereocenters. The van der Waals surface area contributed by atoms with Crippen molar-refractivity contribution in [3.8, 4) is 0 Å². The lowest BCUT2D eigenvalue weighted by molar-refractivity contribution is -0.145. The number of benzene rings is 1. The molecule has 0 amide bonds. The first-order chi connectivity index (χ1) is 9.54. The van der Waals surface area contributed by atoms with Gasteiger partial charge in [-0.25, -0.2) is 9.18 Å². The smallest absolute Gasteiger partial charge is 0.329 e. The van der Waals surface area contributed by atoms with Crippen molar-refractivity contribution < 1.29 is 19.0 Å². The number of hydrogen-bond donors (Lipinski definition) is 1. The second kappa shape index (κ2) is 7.15. The Morgan fingerprint density at radius 2 is 2.15 bits per heavy atom. The van der Waals surface area contributed by atoms with Crippen molar-refractivity contribution in [2.24, 2.45) is 0 Å². The zero-order valence-corrected chi connectivity index (χ0v) is 12.6. The van der Waals surface area contributed by atoms with Crippen molar-refractivity contribution >= 4 is 21.9 Å². The number of rotatable bonds is 5. The highest BCUT2D eigenvalue weighted by atomic mass is 79.9. The van der Waals surface area contributed by atoms with Crippen molar-refractivity contribution in [3.63, 3.8) is 0 Å². The van der Waals surface area contributed by atoms with Crippen LogP contribution >= 0.6 is 15.9 Å². The predicted molar refractivity (Wildman–Crippen MR) is 76.0 cm³/mol. The predicted octanol–water partition coefficient (Wildman–Crippen LogP) is 2.65. The number of aliphatic carboxylic acids is 1. The van der Waals surface area contributed by atoms with Crippen molar-refractivity contribution in [3.05, 3.63) is 34.1 Å². The molecule has 1 aromatic rings. The Kier molecular flexibility index (Phi) is 5.51. The molecular formula is C14H17BrFNO3. The third-order valence-electron chi connectivity index (χ3n) is 3.38. The SMILES string of the molecule is O=C(O)COC1CCN(Cc2cc(Br)ccc2F)CC1. The second-order valence-corrected chi connectivity index (χ2v) is 5.83. The molecule has 1 saturated heterocycles. The van der Waals surface area contributed by atoms with E-state index in [9.17, 15) is 9.18 Å². The van der Waals surface area contributed by atoms with Crippen LogP contribution in [-0.2, 0) is 16.1 Å². The Morgan fingerprint density at radius 3 is 2.80 bits per heavy atom. The first-order valence-corrected chi connectivity index (χ1v) is 7.33. The van der Waals surface area contributed by atoms with E-state index in [1.807, 2.05) is 0 Å². The first kappa shape index (κ1) is 15.4. The van der Waals surface area contributed by atoms with Crippen LogP contribution in [0.25, 0.3) is 0 Å². The number of nitrogens with zero attached hydrogens (tertiary/aromatic N) is 1. The van der Waals surface area contributed by atoms with E-state index in [0.29, 0.717) is 12.1 Å². The number of ether oxygens (including phenoxy) is 1. The van der Waals surface area contributed by atoms with E-state index in [1.165, 1.54) is 6.07 Å². The van der Waals surface area contributed by atoms with Gasteiger partial charge in [0.25, 0.3) is 0 Å². The zero-order valence-electron chi connectivity index (χ0n) is 11.0. The van der Waals surface area contributed by atoms with Crippen molar-refractivity contribution in [2.45, 2.75) is 25.5 Å². The van der Waals surface area contributed by atoms with Gasteiger partial charge in [0.15, 0.2) is 0 Å². The van der Waals surface area contributed by atoms with Crippen molar-refractivity contribution in [1.29, 1.82) is 0 Å². The molecule has 1 fully saturated rings. The van der Waals surface area contributed by atoms with E-state index >= 15 is 0 Å². The van der Waals surface area contributed by atoms with Gasteiger partial charge in [-0.05, 0) is 31.0 Å². The summed E-state index contributed by atoms with van der Waals surface area (Å²) in [6.45, 7) is 1.90. The van der Waals surface area contributed by atoms with E-state index in [-0.39, 0.29) is 18.5 Å². The Labute approximate surface area is 125 Å². The number of likely N-dealkylation sites (tertiary alicyclic amines) is 1. The summed E-state index contributed by atoms with van der Waals surface area (Å²) < 4.78 is 19.8. The quantitative estimate of drug-likeness (QED) is 0.891. The van der Waals surface area contributed by atoms with Gasteiger partial charge in [0, 0.05) is 29.7 Å². The first-order valence-electron chi connectivity index (χ1n) is 6.54. The molecule has 0 aliphatic carbocycles. The number of halogens is 2. The van der Waals surface area contributed by atoms with Gasteiger partial charge in [-0.1, -0.05) is 15.9 Å². The molecule has 0 radical (unpaired) electrons. The van der Waals surface area contributed by atoms with Crippen LogP contribution in [0.15, 0.2) is 22.7 Å². The second-order valence-electron chi connectivity index (χ2n) is 4.92. The van der Waals surface area contributed by atoms with Gasteiger partial charge in [0.1, 0.15) is 12.4 Å². The molecule has 0 aromatic heterocycles. The van der Waals surface area contributed by atoms with E-state index in [2.05, 4.69) is 20.8 Å². The molecule has 0 spiro atoms. The summed E-state index contributed by atoms with van der Waals surface area (Å²) in [5, 5.41) is 8.57. The van der Waals surface area contributed by atoms with Gasteiger partial charge >= 0.3 is 5.97 Å². The van der Waals surface area contributed by atoms with Crippen LogP contribution in [0.1, 0.15) is 18.4 Å². The van der Waals surface area contributed by atoms with E-state index in [4.69, 9.17) is 9.84 Å². The molecule has 0 unspecified atom stereocenters. The number of hydrogen-bond acceptors (Lipinski definition) is 3. The molecule has 4 nitrogen and oxygen atoms in total. The molecule has 1 aliphatic heterocycles. The van der Waals surface area contributed by atoms with Gasteiger partial charge in [-0.3, -0.25) is 4.90 Å². The van der Waals surface area contributed by atoms with Crippen LogP contribution < -0.4 is 0 Å². The van der Waals surface area contributed by atoms with Crippen LogP contribution in [0, 0.1) is 5.82 Å². The summed E-state index contributed by atoms with van der Waals surface area (Å²) in [4.78, 5) is 12.6. The zero-order chi connectivity index (χ0) is 14.5. The van der Waals surface area contributed by atoms with Crippen LogP contribution in [0.5, 0.6) is 0 Å². The molecule has 2 rings (SSSR count). The van der Waals surface area contributed by atoms with E-state index in [1.54, 1.807) is 12.1 Å². The van der Waals surface area contributed by atoms with E-state index < -0.39 is 5.97 Å². The Hall–Kier alpha value is -0.980. The Morgan fingerprint density at radius 1 is 1.45 bits per heavy atom. The standard InChI is InChI=1S/C14H17BrFNO3/c15-11-1-2-13(16)10(7-11)8-17-5-3-12(4-6-17)20-9-14(18)19/h1-2,7,12H,3-6,8-9H2,(H,18,19). The number of piperidine rings is 1. The van der Waals surface area contributed by atoms with Gasteiger partial charge < -0.3 is 9.84 Å². The normalized spacial score (nSPS) is 17.3. The minimum Gasteiger partial charge on any atom is -0.480 e. The Balaban J connectivity index is 1.82. The minimum atomic E-state index is -0.941. The van der Waals surface area contributed by atoms with Gasteiger partial charge in [0.2, 0.25) is 0 Å². The molecule has 20 heavy (non-hydrogen) atoms. The topological polar surface area (TPSA) is 49.8 Å². The maximum absolute atomic E-state index is 13.7. The van der Waals surface area contributed by atoms with Crippen LogP contribution in [-0.4, -0.2) is 41.8 Å². The van der Waals surface area contributed by atoms with Gasteiger partial charge in [0.05, 0.1) is 6.10 Å². The Bertz CT molecular complexity index is 475. The molecule has 6 heteroatoms. The molecule has 1 heterocycles. The maximum atomic E-state index is 13.7. The highest BCUT2D eigenvalue weighted by molar-refractivity contribution is 9.10. The third kappa shape index (κ3) is 4.54. The molecule has 0 saturated carbocycles. The number of carbonyl (C=O) groups is 1. The largest absolute Gasteiger partial charge is 0.480 e. The van der Waals surface area contributed by atoms with Crippen molar-refractivity contribution in [1.82, 2.24) is 4.90 Å². The fourth-order valence-corrected chi connectivity index (χ4v) is 2.74. The third-order valence-corrected chi connectivity index (χ3v) is 3.87. The van der Waals surface area contributed by atoms with Gasteiger partial charge in [-0.15, -0.1) is 0 Å². The lowest BCUT2D eigenvalue weighted by Gasteiger charge is -2.31. The molecule has 0 bridgehead atoms. The van der Waals surface area contributed by atoms with Crippen LogP contribution in [0.2, 0.25) is 0 Å². The van der Waals surface area contributed by atoms with Crippen LogP contribution in [0.4, 0.5) is 4.39 Å². The minimum absolute atomic E-state index is 0.00490. The van der Waals surface area contributed by atoms with Gasteiger partial charge in [-0.2, -0.15) is 0 Å². The summed E-state index contributed by atoms with van der Waals surface area (Å²) in [7, 11) is 0. The summed E-state index contributed by atoms with van der Waals surface area (Å²) >= 11 is 3.34. The summed E-state index contributed by atoms with van der Waals surface area (Å²) in [6.07, 6.45) is 1.56.